The third-order valence-corrected chi connectivity index (χ3v) is 6.69. The number of alkyl halides is 6. The van der Waals surface area contributed by atoms with Crippen LogP contribution in [0.3, 0.4) is 0 Å². The van der Waals surface area contributed by atoms with E-state index in [4.69, 9.17) is 0 Å². The van der Waals surface area contributed by atoms with Gasteiger partial charge in [0, 0.05) is 27.6 Å². The van der Waals surface area contributed by atoms with Gasteiger partial charge in [0.05, 0.1) is 0 Å². The Balaban J connectivity index is 0.000000722. The number of halogens is 16. The Morgan fingerprint density at radius 2 is 0.513 bits per heavy atom. The van der Waals surface area contributed by atoms with Crippen LogP contribution in [0.2, 0.25) is 0 Å². The molecule has 0 heterocycles. The summed E-state index contributed by atoms with van der Waals surface area (Å²) >= 11 is 16.1. The molecule has 0 bridgehead atoms. The normalized spacial score (nSPS) is 15.1. The smallest absolute Gasteiger partial charge is 0.369 e. The quantitative estimate of drug-likeness (QED) is 0.111. The average molecular weight is 711 g/mol. The first-order valence-electron chi connectivity index (χ1n) is 8.79. The minimum absolute atomic E-state index is 0. The molecule has 0 saturated heterocycles. The summed E-state index contributed by atoms with van der Waals surface area (Å²) in [4.78, 5) is 0. The zero-order valence-corrected chi connectivity index (χ0v) is 21.6. The van der Waals surface area contributed by atoms with Crippen molar-refractivity contribution in [2.45, 2.75) is 33.4 Å². The second-order valence-corrected chi connectivity index (χ2v) is 8.76. The van der Waals surface area contributed by atoms with E-state index in [0.717, 1.165) is 0 Å². The van der Waals surface area contributed by atoms with Crippen molar-refractivity contribution in [3.05, 3.63) is 69.3 Å². The molecule has 21 heteroatoms. The van der Waals surface area contributed by atoms with Crippen LogP contribution in [-0.2, 0) is 67.0 Å². The van der Waals surface area contributed by atoms with Crippen molar-refractivity contribution in [2.75, 3.05) is 0 Å². The summed E-state index contributed by atoms with van der Waals surface area (Å²) in [5.74, 6) is -24.1. The number of benzene rings is 2. The number of hydrogen-bond acceptors (Lipinski definition) is 4. The summed E-state index contributed by atoms with van der Waals surface area (Å²) in [7, 11) is 0. The van der Waals surface area contributed by atoms with E-state index in [1.807, 2.05) is 0 Å². The van der Waals surface area contributed by atoms with Gasteiger partial charge >= 0.3 is 12.4 Å². The fourth-order valence-electron chi connectivity index (χ4n) is 2.39. The molecule has 4 unspecified atom stereocenters. The van der Waals surface area contributed by atoms with Crippen molar-refractivity contribution in [3.8, 4) is 0 Å². The van der Waals surface area contributed by atoms with Gasteiger partial charge in [-0.1, -0.05) is 10.5 Å². The molecule has 0 radical (unpaired) electrons. The van der Waals surface area contributed by atoms with Gasteiger partial charge in [0.1, 0.15) is 0 Å². The summed E-state index contributed by atoms with van der Waals surface area (Å²) in [6.45, 7) is 0. The van der Waals surface area contributed by atoms with Gasteiger partial charge in [-0.3, -0.25) is 0 Å². The van der Waals surface area contributed by atoms with Gasteiger partial charge in [-0.2, -0.15) is 26.3 Å². The van der Waals surface area contributed by atoms with Crippen LogP contribution in [0.1, 0.15) is 21.6 Å². The molecule has 2 aromatic carbocycles. The minimum atomic E-state index is -5.11. The predicted molar refractivity (Wildman–Crippen MR) is 107 cm³/mol. The molecule has 0 aliphatic heterocycles. The van der Waals surface area contributed by atoms with Crippen molar-refractivity contribution in [1.29, 1.82) is 0 Å². The van der Waals surface area contributed by atoms with E-state index < -0.39 is 103 Å². The van der Waals surface area contributed by atoms with Crippen LogP contribution in [0.25, 0.3) is 0 Å². The third kappa shape index (κ3) is 8.16. The fourth-order valence-corrected chi connectivity index (χ4v) is 3.38. The number of rotatable bonds is 4. The third-order valence-electron chi connectivity index (χ3n) is 4.25. The van der Waals surface area contributed by atoms with Gasteiger partial charge in [0.15, 0.2) is 46.5 Å². The molecule has 0 aromatic heterocycles. The molecule has 0 spiro atoms. The van der Waals surface area contributed by atoms with Crippen LogP contribution in [0, 0.1) is 58.2 Å². The van der Waals surface area contributed by atoms with E-state index in [1.54, 1.807) is 0 Å². The standard InChI is InChI=1S/2C9H4F8S2.Ni/c2*10-2-1(7(18)8(19)9(15,16)17)3(11)5(13)6(14)4(2)12;/h2*7-8,18-19H;/p-4. The Morgan fingerprint density at radius 1 is 0.359 bits per heavy atom. The first-order chi connectivity index (χ1) is 17.0. The SMILES string of the molecule is Fc1c(F)c(F)c(C([S-])C([S-])C(F)(F)F)c(F)c1F.Fc1c(F)c(F)c(C([S-])C([S-])C(F)(F)F)c(F)c1F.[Ni]. The Labute approximate surface area is 239 Å². The van der Waals surface area contributed by atoms with E-state index >= 15 is 0 Å². The van der Waals surface area contributed by atoms with E-state index in [0.29, 0.717) is 0 Å². The van der Waals surface area contributed by atoms with Crippen molar-refractivity contribution in [3.63, 3.8) is 0 Å². The minimum Gasteiger partial charge on any atom is -0.786 e. The maximum Gasteiger partial charge on any atom is 0.369 e. The Kier molecular flexibility index (Phi) is 13.6. The maximum atomic E-state index is 13.2. The second kappa shape index (κ2) is 13.9. The zero-order chi connectivity index (χ0) is 30.2. The maximum absolute atomic E-state index is 13.2. The van der Waals surface area contributed by atoms with E-state index in [2.05, 4.69) is 50.5 Å². The summed E-state index contributed by atoms with van der Waals surface area (Å²) < 4.78 is 203. The topological polar surface area (TPSA) is 0 Å². The fraction of sp³-hybridized carbons (Fsp3) is 0.333. The molecule has 4 atom stereocenters. The van der Waals surface area contributed by atoms with Crippen molar-refractivity contribution in [1.82, 2.24) is 0 Å². The van der Waals surface area contributed by atoms with Crippen molar-refractivity contribution >= 4 is 50.5 Å². The molecule has 0 nitrogen and oxygen atoms in total. The molecule has 0 aliphatic rings. The molecule has 226 valence electrons. The molecular weight excluding hydrogens is 707 g/mol. The average Bonchev–Trinajstić information content (AvgIpc) is 2.82. The predicted octanol–water partition coefficient (Wildman–Crippen LogP) is 6.89. The Bertz CT molecular complexity index is 1040. The monoisotopic (exact) mass is 710 g/mol. The van der Waals surface area contributed by atoms with Gasteiger partial charge in [0.25, 0.3) is 0 Å². The van der Waals surface area contributed by atoms with Crippen LogP contribution < -0.4 is 0 Å². The van der Waals surface area contributed by atoms with Crippen LogP contribution in [0.15, 0.2) is 0 Å². The molecule has 39 heavy (non-hydrogen) atoms. The van der Waals surface area contributed by atoms with Crippen LogP contribution >= 0.6 is 0 Å². The molecule has 2 aromatic rings. The number of hydrogen-bond donors (Lipinski definition) is 0. The van der Waals surface area contributed by atoms with Gasteiger partial charge in [-0.15, -0.1) is 10.5 Å². The largest absolute Gasteiger partial charge is 0.786 e. The summed E-state index contributed by atoms with van der Waals surface area (Å²) in [6.07, 6.45) is -10.2. The first-order valence-corrected chi connectivity index (χ1v) is 10.7. The second-order valence-electron chi connectivity index (χ2n) is 6.73. The molecular formula is C18H4F16NiS4-4. The molecule has 0 saturated carbocycles. The van der Waals surface area contributed by atoms with E-state index in [-0.39, 0.29) is 16.5 Å². The molecule has 0 amide bonds. The van der Waals surface area contributed by atoms with Gasteiger partial charge in [-0.05, 0) is 0 Å². The Morgan fingerprint density at radius 3 is 0.667 bits per heavy atom. The summed E-state index contributed by atoms with van der Waals surface area (Å²) in [6, 6.07) is 0. The van der Waals surface area contributed by atoms with E-state index in [1.165, 1.54) is 0 Å². The van der Waals surface area contributed by atoms with Crippen molar-refractivity contribution < 1.29 is 86.7 Å². The van der Waals surface area contributed by atoms with Gasteiger partial charge in [0.2, 0.25) is 11.6 Å². The van der Waals surface area contributed by atoms with Gasteiger partial charge < -0.3 is 50.5 Å². The van der Waals surface area contributed by atoms with Crippen LogP contribution in [0.5, 0.6) is 0 Å². The first kappa shape index (κ1) is 38.2. The Hall–Kier alpha value is -0.786. The van der Waals surface area contributed by atoms with Crippen LogP contribution in [-0.4, -0.2) is 22.9 Å². The van der Waals surface area contributed by atoms with Crippen molar-refractivity contribution in [2.24, 2.45) is 0 Å². The molecule has 0 aliphatic carbocycles. The summed E-state index contributed by atoms with van der Waals surface area (Å²) in [5.41, 5.74) is -3.49. The zero-order valence-electron chi connectivity index (χ0n) is 17.3. The van der Waals surface area contributed by atoms with Crippen LogP contribution in [0.4, 0.5) is 70.2 Å². The van der Waals surface area contributed by atoms with Gasteiger partial charge in [-0.25, -0.2) is 43.9 Å². The molecule has 0 fully saturated rings. The molecule has 0 N–H and O–H groups in total. The van der Waals surface area contributed by atoms with E-state index in [9.17, 15) is 70.2 Å². The summed E-state index contributed by atoms with van der Waals surface area (Å²) in [5, 5.41) is -10.8. The molecule has 2 rings (SSSR count).